The maximum absolute atomic E-state index is 13.9. The van der Waals surface area contributed by atoms with Crippen molar-refractivity contribution in [1.29, 1.82) is 0 Å². The van der Waals surface area contributed by atoms with Crippen LogP contribution in [0.25, 0.3) is 5.52 Å². The van der Waals surface area contributed by atoms with Gasteiger partial charge >= 0.3 is 5.97 Å². The van der Waals surface area contributed by atoms with E-state index in [2.05, 4.69) is 37.8 Å². The lowest BCUT2D eigenvalue weighted by molar-refractivity contribution is -0.140. The van der Waals surface area contributed by atoms with E-state index in [1.807, 2.05) is 41.8 Å². The number of aryl methyl sites for hydroxylation is 2. The molecule has 8 heteroatoms. The number of nitrogens with zero attached hydrogens (tertiary/aromatic N) is 3. The van der Waals surface area contributed by atoms with Gasteiger partial charge in [-0.05, 0) is 94.4 Å². The summed E-state index contributed by atoms with van der Waals surface area (Å²) < 4.78 is 6.66. The minimum absolute atomic E-state index is 0. The molecule has 0 saturated heterocycles. The molecule has 0 bridgehead atoms. The quantitative estimate of drug-likeness (QED) is 0.0932. The normalized spacial score (nSPS) is 11.1. The van der Waals surface area contributed by atoms with Crippen LogP contribution in [0.3, 0.4) is 0 Å². The Morgan fingerprint density at radius 3 is 2.00 bits per heavy atom. The number of ether oxygens (including phenoxy) is 1. The van der Waals surface area contributed by atoms with Crippen LogP contribution in [-0.4, -0.2) is 71.7 Å². The Labute approximate surface area is 276 Å². The second-order valence-corrected chi connectivity index (χ2v) is 11.7. The minimum atomic E-state index is -0.341. The van der Waals surface area contributed by atoms with E-state index in [9.17, 15) is 14.4 Å². The number of benzene rings is 1. The van der Waals surface area contributed by atoms with E-state index in [-0.39, 0.29) is 36.5 Å². The first-order chi connectivity index (χ1) is 21.4. The number of methoxy groups -OCH3 is 1. The summed E-state index contributed by atoms with van der Waals surface area (Å²) in [7, 11) is 1.35. The van der Waals surface area contributed by atoms with Crippen LogP contribution in [-0.2, 0) is 22.4 Å². The number of fused-ring (bicyclic) bond motifs is 1. The molecule has 0 aliphatic carbocycles. The van der Waals surface area contributed by atoms with E-state index in [0.29, 0.717) is 29.9 Å². The van der Waals surface area contributed by atoms with E-state index in [1.54, 1.807) is 11.0 Å². The standard InChI is InChI=1S/C37H53N3O4.ClH/c1-6-10-15-31-27-33-28-32(37(43)39(9-4)25-21-34(41)44-5)20-26-40(33)35(31)36(42)30-18-16-29(17-19-30)14-13-24-38(22-11-7-2)23-12-8-3;/h16-20,26-28H,6-15,21-25H2,1-5H3;1H. The van der Waals surface area contributed by atoms with Crippen molar-refractivity contribution in [2.75, 3.05) is 39.8 Å². The number of halogens is 1. The molecule has 248 valence electrons. The van der Waals surface area contributed by atoms with Crippen LogP contribution in [0.15, 0.2) is 48.7 Å². The Balaban J connectivity index is 0.00000705. The van der Waals surface area contributed by atoms with Crippen LogP contribution in [0.2, 0.25) is 0 Å². The number of hydrogen-bond acceptors (Lipinski definition) is 5. The van der Waals surface area contributed by atoms with Crippen molar-refractivity contribution in [3.63, 3.8) is 0 Å². The molecule has 0 saturated carbocycles. The molecular formula is C37H54ClN3O4. The van der Waals surface area contributed by atoms with Gasteiger partial charge in [0.1, 0.15) is 0 Å². The molecule has 7 nitrogen and oxygen atoms in total. The van der Waals surface area contributed by atoms with Gasteiger partial charge in [0.05, 0.1) is 19.2 Å². The molecule has 45 heavy (non-hydrogen) atoms. The third kappa shape index (κ3) is 11.0. The lowest BCUT2D eigenvalue weighted by atomic mass is 10.00. The largest absolute Gasteiger partial charge is 0.469 e. The predicted molar refractivity (Wildman–Crippen MR) is 186 cm³/mol. The Hall–Kier alpha value is -3.16. The van der Waals surface area contributed by atoms with Crippen molar-refractivity contribution < 1.29 is 19.1 Å². The molecule has 1 aromatic carbocycles. The number of ketones is 1. The molecule has 0 aliphatic heterocycles. The summed E-state index contributed by atoms with van der Waals surface area (Å²) in [5.41, 5.74) is 4.97. The number of unbranched alkanes of at least 4 members (excludes halogenated alkanes) is 3. The van der Waals surface area contributed by atoms with Gasteiger partial charge in [0, 0.05) is 35.9 Å². The van der Waals surface area contributed by atoms with Gasteiger partial charge in [0.25, 0.3) is 5.91 Å². The summed E-state index contributed by atoms with van der Waals surface area (Å²) in [6.45, 7) is 12.8. The average Bonchev–Trinajstić information content (AvgIpc) is 3.42. The van der Waals surface area contributed by atoms with Crippen LogP contribution in [0.4, 0.5) is 0 Å². The SMILES string of the molecule is CCCCc1cc2cc(C(=O)N(CC)CCC(=O)OC)ccn2c1C(=O)c1ccc(CCCN(CCCC)CCCC)cc1.Cl. The van der Waals surface area contributed by atoms with Gasteiger partial charge in [-0.2, -0.15) is 0 Å². The van der Waals surface area contributed by atoms with E-state index in [0.717, 1.165) is 49.7 Å². The fraction of sp³-hybridized carbons (Fsp3) is 0.541. The molecule has 3 rings (SSSR count). The van der Waals surface area contributed by atoms with Gasteiger partial charge in [-0.3, -0.25) is 14.4 Å². The summed E-state index contributed by atoms with van der Waals surface area (Å²) in [6, 6.07) is 13.8. The monoisotopic (exact) mass is 639 g/mol. The summed E-state index contributed by atoms with van der Waals surface area (Å²) in [6.07, 6.45) is 11.9. The number of rotatable bonds is 20. The van der Waals surface area contributed by atoms with E-state index in [4.69, 9.17) is 4.74 Å². The molecule has 0 unspecified atom stereocenters. The molecular weight excluding hydrogens is 586 g/mol. The fourth-order valence-corrected chi connectivity index (χ4v) is 5.66. The number of amides is 1. The smallest absolute Gasteiger partial charge is 0.307 e. The first-order valence-corrected chi connectivity index (χ1v) is 16.7. The van der Waals surface area contributed by atoms with Crippen molar-refractivity contribution in [2.45, 2.75) is 91.9 Å². The molecule has 0 fully saturated rings. The highest BCUT2D eigenvalue weighted by atomic mass is 35.5. The minimum Gasteiger partial charge on any atom is -0.469 e. The Kier molecular flexibility index (Phi) is 17.0. The van der Waals surface area contributed by atoms with Gasteiger partial charge in [-0.1, -0.05) is 64.3 Å². The number of carbonyl (C=O) groups excluding carboxylic acids is 3. The molecule has 2 heterocycles. The molecule has 0 atom stereocenters. The van der Waals surface area contributed by atoms with E-state index >= 15 is 0 Å². The maximum Gasteiger partial charge on any atom is 0.307 e. The second-order valence-electron chi connectivity index (χ2n) is 11.7. The average molecular weight is 640 g/mol. The molecule has 0 aliphatic rings. The van der Waals surface area contributed by atoms with Gasteiger partial charge in [-0.25, -0.2) is 0 Å². The molecule has 1 amide bonds. The molecule has 0 spiro atoms. The summed E-state index contributed by atoms with van der Waals surface area (Å²) in [4.78, 5) is 43.1. The first kappa shape index (κ1) is 38.0. The highest BCUT2D eigenvalue weighted by molar-refractivity contribution is 6.10. The zero-order valence-electron chi connectivity index (χ0n) is 28.1. The van der Waals surface area contributed by atoms with Crippen LogP contribution in [0.5, 0.6) is 0 Å². The number of esters is 1. The highest BCUT2D eigenvalue weighted by Gasteiger charge is 2.21. The molecule has 0 radical (unpaired) electrons. The van der Waals surface area contributed by atoms with Gasteiger partial charge in [0.2, 0.25) is 5.78 Å². The zero-order valence-corrected chi connectivity index (χ0v) is 28.9. The molecule has 0 N–H and O–H groups in total. The number of aromatic nitrogens is 1. The predicted octanol–water partition coefficient (Wildman–Crippen LogP) is 7.79. The zero-order chi connectivity index (χ0) is 31.9. The van der Waals surface area contributed by atoms with Crippen LogP contribution < -0.4 is 0 Å². The lowest BCUT2D eigenvalue weighted by Gasteiger charge is -2.21. The maximum atomic E-state index is 13.9. The van der Waals surface area contributed by atoms with E-state index < -0.39 is 0 Å². The van der Waals surface area contributed by atoms with Crippen LogP contribution in [0, 0.1) is 0 Å². The van der Waals surface area contributed by atoms with Crippen molar-refractivity contribution >= 4 is 35.6 Å². The van der Waals surface area contributed by atoms with Crippen molar-refractivity contribution in [3.8, 4) is 0 Å². The van der Waals surface area contributed by atoms with Gasteiger partial charge < -0.3 is 18.9 Å². The highest BCUT2D eigenvalue weighted by Crippen LogP contribution is 2.24. The van der Waals surface area contributed by atoms with Crippen molar-refractivity contribution in [3.05, 3.63) is 76.6 Å². The number of carbonyl (C=O) groups is 3. The van der Waals surface area contributed by atoms with Crippen molar-refractivity contribution in [1.82, 2.24) is 14.2 Å². The van der Waals surface area contributed by atoms with Crippen molar-refractivity contribution in [2.24, 2.45) is 0 Å². The van der Waals surface area contributed by atoms with Crippen LogP contribution >= 0.6 is 12.4 Å². The summed E-state index contributed by atoms with van der Waals surface area (Å²) in [5.74, 6) is -0.482. The Morgan fingerprint density at radius 2 is 1.40 bits per heavy atom. The third-order valence-electron chi connectivity index (χ3n) is 8.41. The van der Waals surface area contributed by atoms with Gasteiger partial charge in [-0.15, -0.1) is 12.4 Å². The Morgan fingerprint density at radius 1 is 0.756 bits per heavy atom. The van der Waals surface area contributed by atoms with E-state index in [1.165, 1.54) is 51.4 Å². The molecule has 3 aromatic rings. The number of hydrogen-bond donors (Lipinski definition) is 0. The Bertz CT molecular complexity index is 1340. The fourth-order valence-electron chi connectivity index (χ4n) is 5.66. The second kappa shape index (κ2) is 20.1. The lowest BCUT2D eigenvalue weighted by Crippen LogP contribution is -2.33. The third-order valence-corrected chi connectivity index (χ3v) is 8.41. The summed E-state index contributed by atoms with van der Waals surface area (Å²) in [5, 5.41) is 0. The van der Waals surface area contributed by atoms with Gasteiger partial charge in [0.15, 0.2) is 0 Å². The molecule has 2 aromatic heterocycles. The number of pyridine rings is 1. The summed E-state index contributed by atoms with van der Waals surface area (Å²) >= 11 is 0. The first-order valence-electron chi connectivity index (χ1n) is 16.7. The topological polar surface area (TPSA) is 71.3 Å². The van der Waals surface area contributed by atoms with Crippen LogP contribution in [0.1, 0.15) is 117 Å².